The number of carbonyl (C=O) groups is 2. The van der Waals surface area contributed by atoms with Crippen LogP contribution in [0.2, 0.25) is 4.34 Å². The number of halogens is 1. The third-order valence-corrected chi connectivity index (χ3v) is 6.65. The molecule has 0 amide bonds. The zero-order valence-electron chi connectivity index (χ0n) is 19.5. The van der Waals surface area contributed by atoms with E-state index >= 15 is 0 Å². The highest BCUT2D eigenvalue weighted by Gasteiger charge is 2.29. The summed E-state index contributed by atoms with van der Waals surface area (Å²) in [4.78, 5) is 39.0. The predicted molar refractivity (Wildman–Crippen MR) is 134 cm³/mol. The van der Waals surface area contributed by atoms with E-state index in [1.54, 1.807) is 6.07 Å². The molecule has 0 saturated heterocycles. The first-order valence-corrected chi connectivity index (χ1v) is 12.0. The Labute approximate surface area is 221 Å². The van der Waals surface area contributed by atoms with Crippen molar-refractivity contribution >= 4 is 40.6 Å². The van der Waals surface area contributed by atoms with Crippen LogP contribution in [-0.4, -0.2) is 48.8 Å². The summed E-state index contributed by atoms with van der Waals surface area (Å²) < 4.78 is 18.4. The first-order chi connectivity index (χ1) is 18.4. The molecule has 5 heterocycles. The summed E-state index contributed by atoms with van der Waals surface area (Å²) in [6.07, 6.45) is 4.04. The predicted octanol–water partition coefficient (Wildman–Crippen LogP) is 3.46. The van der Waals surface area contributed by atoms with Crippen LogP contribution >= 0.6 is 22.9 Å². The standard InChI is InChI=1S/C23H17ClN6O7S/c1-35-19-18(15-4-3-14(23(33)34)21(31)29(15)10-12-8-27-36-11-12)28-30(22(32)16-6-7-26-37-16)20(19)25-9-13-2-5-17(24)38-13/h2-8,11,25H,9-10H2,1H3,(H,33,34). The molecule has 0 radical (unpaired) electrons. The number of aromatic carboxylic acids is 1. The number of pyridine rings is 1. The fraction of sp³-hybridized carbons (Fsp3) is 0.130. The molecule has 5 aromatic heterocycles. The lowest BCUT2D eigenvalue weighted by atomic mass is 10.1. The van der Waals surface area contributed by atoms with Crippen LogP contribution in [0.15, 0.2) is 62.8 Å². The molecule has 38 heavy (non-hydrogen) atoms. The minimum absolute atomic E-state index is 0.0820. The molecule has 0 spiro atoms. The van der Waals surface area contributed by atoms with Crippen LogP contribution in [0.25, 0.3) is 11.4 Å². The molecule has 0 fully saturated rings. The fourth-order valence-corrected chi connectivity index (χ4v) is 4.73. The second kappa shape index (κ2) is 10.4. The molecular weight excluding hydrogens is 540 g/mol. The summed E-state index contributed by atoms with van der Waals surface area (Å²) in [7, 11) is 1.38. The van der Waals surface area contributed by atoms with Gasteiger partial charge in [0.15, 0.2) is 17.3 Å². The van der Waals surface area contributed by atoms with Gasteiger partial charge in [0.2, 0.25) is 5.76 Å². The van der Waals surface area contributed by atoms with Gasteiger partial charge in [-0.2, -0.15) is 9.78 Å². The number of anilines is 1. The molecule has 0 atom stereocenters. The van der Waals surface area contributed by atoms with Crippen molar-refractivity contribution in [1.29, 1.82) is 0 Å². The van der Waals surface area contributed by atoms with Gasteiger partial charge in [0.1, 0.15) is 11.8 Å². The number of hydrogen-bond acceptors (Lipinski definition) is 11. The Morgan fingerprint density at radius 2 is 2.05 bits per heavy atom. The SMILES string of the molecule is COc1c(-c2ccc(C(=O)O)c(=O)n2Cc2cnoc2)nn(C(=O)c2ccno2)c1NCc1ccc(Cl)s1. The quantitative estimate of drug-likeness (QED) is 0.273. The van der Waals surface area contributed by atoms with E-state index in [-0.39, 0.29) is 41.8 Å². The number of thiophene rings is 1. The highest BCUT2D eigenvalue weighted by atomic mass is 35.5. The Morgan fingerprint density at radius 3 is 2.68 bits per heavy atom. The first-order valence-electron chi connectivity index (χ1n) is 10.8. The van der Waals surface area contributed by atoms with E-state index in [4.69, 9.17) is 25.4 Å². The van der Waals surface area contributed by atoms with Crippen molar-refractivity contribution in [2.75, 3.05) is 12.4 Å². The second-order valence-electron chi connectivity index (χ2n) is 7.74. The van der Waals surface area contributed by atoms with Crippen molar-refractivity contribution in [3.05, 3.63) is 85.4 Å². The van der Waals surface area contributed by atoms with Crippen LogP contribution < -0.4 is 15.6 Å². The van der Waals surface area contributed by atoms with Gasteiger partial charge in [-0.15, -0.1) is 11.3 Å². The smallest absolute Gasteiger partial charge is 0.341 e. The Kier molecular flexibility index (Phi) is 6.81. The summed E-state index contributed by atoms with van der Waals surface area (Å²) in [5.74, 6) is -1.85. The molecule has 0 unspecified atom stereocenters. The van der Waals surface area contributed by atoms with Gasteiger partial charge in [0.25, 0.3) is 5.56 Å². The number of methoxy groups -OCH3 is 1. The summed E-state index contributed by atoms with van der Waals surface area (Å²) >= 11 is 7.40. The molecule has 15 heteroatoms. The third kappa shape index (κ3) is 4.69. The minimum Gasteiger partial charge on any atom is -0.491 e. The van der Waals surface area contributed by atoms with Crippen molar-refractivity contribution in [3.63, 3.8) is 0 Å². The number of hydrogen-bond donors (Lipinski definition) is 2. The lowest BCUT2D eigenvalue weighted by molar-refractivity contribution is 0.0694. The fourth-order valence-electron chi connectivity index (χ4n) is 3.71. The Morgan fingerprint density at radius 1 is 1.21 bits per heavy atom. The van der Waals surface area contributed by atoms with Crippen LogP contribution in [0.5, 0.6) is 5.75 Å². The molecule has 5 aromatic rings. The van der Waals surface area contributed by atoms with Crippen molar-refractivity contribution in [3.8, 4) is 17.1 Å². The van der Waals surface area contributed by atoms with Crippen LogP contribution in [0.1, 0.15) is 31.4 Å². The summed E-state index contributed by atoms with van der Waals surface area (Å²) in [6, 6.07) is 7.53. The summed E-state index contributed by atoms with van der Waals surface area (Å²) in [5, 5.41) is 24.3. The maximum Gasteiger partial charge on any atom is 0.341 e. The van der Waals surface area contributed by atoms with Crippen molar-refractivity contribution in [2.24, 2.45) is 0 Å². The minimum atomic E-state index is -1.39. The lowest BCUT2D eigenvalue weighted by Crippen LogP contribution is -2.28. The van der Waals surface area contributed by atoms with Crippen LogP contribution in [0.3, 0.4) is 0 Å². The maximum absolute atomic E-state index is 13.3. The third-order valence-electron chi connectivity index (χ3n) is 5.42. The topological polar surface area (TPSA) is 168 Å². The highest BCUT2D eigenvalue weighted by Crippen LogP contribution is 2.37. The molecule has 0 aliphatic heterocycles. The van der Waals surface area contributed by atoms with Crippen LogP contribution in [-0.2, 0) is 13.1 Å². The molecule has 0 aliphatic carbocycles. The van der Waals surface area contributed by atoms with E-state index in [9.17, 15) is 19.5 Å². The zero-order valence-corrected chi connectivity index (χ0v) is 21.0. The normalized spacial score (nSPS) is 11.0. The number of rotatable bonds is 9. The van der Waals surface area contributed by atoms with Gasteiger partial charge in [0, 0.05) is 16.5 Å². The van der Waals surface area contributed by atoms with Gasteiger partial charge in [-0.1, -0.05) is 21.9 Å². The van der Waals surface area contributed by atoms with Gasteiger partial charge in [0.05, 0.1) is 42.6 Å². The first kappa shape index (κ1) is 25.0. The number of carbonyl (C=O) groups excluding carboxylic acids is 1. The monoisotopic (exact) mass is 556 g/mol. The van der Waals surface area contributed by atoms with Gasteiger partial charge in [-0.05, 0) is 24.3 Å². The van der Waals surface area contributed by atoms with E-state index < -0.39 is 23.0 Å². The van der Waals surface area contributed by atoms with E-state index in [1.165, 1.54) is 59.9 Å². The molecule has 0 bridgehead atoms. The van der Waals surface area contributed by atoms with E-state index in [0.717, 1.165) is 9.56 Å². The summed E-state index contributed by atoms with van der Waals surface area (Å²) in [5.41, 5.74) is -0.465. The number of nitrogens with zero attached hydrogens (tertiary/aromatic N) is 5. The van der Waals surface area contributed by atoms with Crippen molar-refractivity contribution < 1.29 is 28.5 Å². The molecule has 0 saturated carbocycles. The van der Waals surface area contributed by atoms with Crippen LogP contribution in [0, 0.1) is 0 Å². The van der Waals surface area contributed by atoms with E-state index in [1.807, 2.05) is 6.07 Å². The van der Waals surface area contributed by atoms with Gasteiger partial charge < -0.3 is 28.8 Å². The van der Waals surface area contributed by atoms with Gasteiger partial charge >= 0.3 is 11.9 Å². The number of carboxylic acids is 1. The number of ether oxygens (including phenoxy) is 1. The number of carboxylic acid groups (broad SMARTS) is 1. The number of aromatic nitrogens is 5. The van der Waals surface area contributed by atoms with Gasteiger partial charge in [-0.3, -0.25) is 9.59 Å². The van der Waals surface area contributed by atoms with Crippen molar-refractivity contribution in [2.45, 2.75) is 13.1 Å². The lowest BCUT2D eigenvalue weighted by Gasteiger charge is -2.13. The molecule has 2 N–H and O–H groups in total. The van der Waals surface area contributed by atoms with Crippen LogP contribution in [0.4, 0.5) is 5.82 Å². The molecule has 0 aromatic carbocycles. The van der Waals surface area contributed by atoms with Crippen molar-refractivity contribution in [1.82, 2.24) is 24.7 Å². The van der Waals surface area contributed by atoms with E-state index in [0.29, 0.717) is 9.90 Å². The molecule has 0 aliphatic rings. The Bertz CT molecular complexity index is 1670. The second-order valence-corrected chi connectivity index (χ2v) is 9.54. The average Bonchev–Trinajstić information content (AvgIpc) is 3.70. The molecule has 13 nitrogen and oxygen atoms in total. The molecule has 5 rings (SSSR count). The van der Waals surface area contributed by atoms with Gasteiger partial charge in [-0.25, -0.2) is 4.79 Å². The zero-order chi connectivity index (χ0) is 26.8. The Hall–Kier alpha value is -4.69. The largest absolute Gasteiger partial charge is 0.491 e. The van der Waals surface area contributed by atoms with E-state index in [2.05, 4.69) is 20.7 Å². The maximum atomic E-state index is 13.3. The highest BCUT2D eigenvalue weighted by molar-refractivity contribution is 7.16. The Balaban J connectivity index is 1.68. The molecular formula is C23H17ClN6O7S. The number of nitrogens with one attached hydrogen (secondary N) is 1. The average molecular weight is 557 g/mol. The molecule has 194 valence electrons. The summed E-state index contributed by atoms with van der Waals surface area (Å²) in [6.45, 7) is 0.190.